The summed E-state index contributed by atoms with van der Waals surface area (Å²) >= 11 is 18.1. The molecule has 6 nitrogen and oxygen atoms in total. The van der Waals surface area contributed by atoms with Crippen LogP contribution < -0.4 is 29.5 Å². The van der Waals surface area contributed by atoms with Gasteiger partial charge >= 0.3 is 8.60 Å². The van der Waals surface area contributed by atoms with E-state index in [2.05, 4.69) is 36.4 Å². The van der Waals surface area contributed by atoms with Crippen molar-refractivity contribution in [3.63, 3.8) is 0 Å². The van der Waals surface area contributed by atoms with E-state index in [1.54, 1.807) is 72.8 Å². The SMILES string of the molecule is Clc1ccc(P(c2ccc(Cl)cc2)c2ccc(Cl)cc2)cc1.N#Cc1ccc(OP(Oc2ccc(C#N)cc2)Oc2ccc(C#N)cc2)cc1. The van der Waals surface area contributed by atoms with Crippen LogP contribution in [-0.2, 0) is 0 Å². The van der Waals surface area contributed by atoms with E-state index in [9.17, 15) is 0 Å². The Morgan fingerprint density at radius 1 is 0.360 bits per heavy atom. The normalized spacial score (nSPS) is 10.2. The van der Waals surface area contributed by atoms with Gasteiger partial charge in [-0.1, -0.05) is 71.2 Å². The van der Waals surface area contributed by atoms with Gasteiger partial charge in [-0.15, -0.1) is 0 Å². The summed E-state index contributed by atoms with van der Waals surface area (Å²) in [6, 6.07) is 49.9. The van der Waals surface area contributed by atoms with Crippen molar-refractivity contribution in [1.29, 1.82) is 15.8 Å². The summed E-state index contributed by atoms with van der Waals surface area (Å²) in [4.78, 5) is 0. The van der Waals surface area contributed by atoms with Gasteiger partial charge in [-0.3, -0.25) is 0 Å². The van der Waals surface area contributed by atoms with E-state index >= 15 is 0 Å². The molecule has 0 amide bonds. The van der Waals surface area contributed by atoms with E-state index in [1.165, 1.54) is 15.9 Å². The molecule has 6 rings (SSSR count). The predicted octanol–water partition coefficient (Wildman–Crippen LogP) is 10.5. The first kappa shape index (κ1) is 36.2. The van der Waals surface area contributed by atoms with Gasteiger partial charge < -0.3 is 13.6 Å². The van der Waals surface area contributed by atoms with Gasteiger partial charge in [0.2, 0.25) is 0 Å². The summed E-state index contributed by atoms with van der Waals surface area (Å²) in [6.07, 6.45) is 0. The lowest BCUT2D eigenvalue weighted by Gasteiger charge is -2.19. The minimum atomic E-state index is -1.88. The second-order valence-electron chi connectivity index (χ2n) is 10.2. The highest BCUT2D eigenvalue weighted by Gasteiger charge is 2.20. The molecule has 0 unspecified atom stereocenters. The molecule has 0 spiro atoms. The quantitative estimate of drug-likeness (QED) is 0.136. The zero-order chi connectivity index (χ0) is 35.3. The third-order valence-electron chi connectivity index (χ3n) is 6.74. The highest BCUT2D eigenvalue weighted by Crippen LogP contribution is 2.42. The second-order valence-corrected chi connectivity index (χ2v) is 14.7. The van der Waals surface area contributed by atoms with E-state index in [-0.39, 0.29) is 0 Å². The molecule has 0 aliphatic rings. The summed E-state index contributed by atoms with van der Waals surface area (Å²) in [5.41, 5.74) is 1.54. The van der Waals surface area contributed by atoms with Crippen LogP contribution in [0.2, 0.25) is 15.1 Å². The van der Waals surface area contributed by atoms with Crippen molar-refractivity contribution >= 4 is 67.2 Å². The molecule has 0 saturated heterocycles. The molecule has 0 saturated carbocycles. The number of nitrogens with zero attached hydrogens (tertiary/aromatic N) is 3. The van der Waals surface area contributed by atoms with Gasteiger partial charge in [0, 0.05) is 15.1 Å². The molecule has 50 heavy (non-hydrogen) atoms. The minimum Gasteiger partial charge on any atom is -0.409 e. The van der Waals surface area contributed by atoms with Crippen molar-refractivity contribution in [3.8, 4) is 35.5 Å². The smallest absolute Gasteiger partial charge is 0.409 e. The molecule has 11 heteroatoms. The fraction of sp³-hybridized carbons (Fsp3) is 0. The van der Waals surface area contributed by atoms with Crippen molar-refractivity contribution in [2.24, 2.45) is 0 Å². The van der Waals surface area contributed by atoms with Gasteiger partial charge in [0.15, 0.2) is 0 Å². The molecule has 0 bridgehead atoms. The zero-order valence-corrected chi connectivity index (χ0v) is 30.0. The van der Waals surface area contributed by atoms with Gasteiger partial charge in [-0.25, -0.2) is 0 Å². The molecule has 244 valence electrons. The van der Waals surface area contributed by atoms with E-state index in [4.69, 9.17) is 64.2 Å². The summed E-state index contributed by atoms with van der Waals surface area (Å²) < 4.78 is 17.4. The van der Waals surface area contributed by atoms with Crippen molar-refractivity contribution in [3.05, 3.63) is 177 Å². The first-order valence-electron chi connectivity index (χ1n) is 14.7. The number of hydrogen-bond donors (Lipinski definition) is 0. The topological polar surface area (TPSA) is 99.1 Å². The molecule has 0 N–H and O–H groups in total. The first-order chi connectivity index (χ1) is 24.3. The minimum absolute atomic E-state index is 0.479. The first-order valence-corrected chi connectivity index (χ1v) is 18.3. The molecule has 0 heterocycles. The molecule has 0 aromatic heterocycles. The van der Waals surface area contributed by atoms with E-state index < -0.39 is 16.5 Å². The van der Waals surface area contributed by atoms with Gasteiger partial charge in [0.05, 0.1) is 34.9 Å². The third kappa shape index (κ3) is 10.5. The van der Waals surface area contributed by atoms with E-state index in [1.807, 2.05) is 54.6 Å². The molecule has 6 aromatic rings. The maximum Gasteiger partial charge on any atom is 0.530 e. The fourth-order valence-electron chi connectivity index (χ4n) is 4.30. The van der Waals surface area contributed by atoms with Crippen LogP contribution in [0.4, 0.5) is 0 Å². The van der Waals surface area contributed by atoms with Crippen LogP contribution in [-0.4, -0.2) is 0 Å². The maximum absolute atomic E-state index is 8.90. The Morgan fingerprint density at radius 3 is 0.820 bits per heavy atom. The number of rotatable bonds is 9. The summed E-state index contributed by atoms with van der Waals surface area (Å²) in [5.74, 6) is 1.44. The van der Waals surface area contributed by atoms with Gasteiger partial charge in [0.25, 0.3) is 0 Å². The number of nitriles is 3. The Balaban J connectivity index is 0.000000200. The lowest BCUT2D eigenvalue weighted by molar-refractivity contribution is 0.388. The van der Waals surface area contributed by atoms with E-state index in [0.717, 1.165) is 15.1 Å². The van der Waals surface area contributed by atoms with Crippen LogP contribution in [0.15, 0.2) is 146 Å². The summed E-state index contributed by atoms with van der Waals surface area (Å²) in [7, 11) is -2.54. The van der Waals surface area contributed by atoms with Crippen LogP contribution >= 0.6 is 51.3 Å². The van der Waals surface area contributed by atoms with Crippen molar-refractivity contribution < 1.29 is 13.6 Å². The second kappa shape index (κ2) is 18.1. The predicted molar refractivity (Wildman–Crippen MR) is 202 cm³/mol. The highest BCUT2D eigenvalue weighted by atomic mass is 35.5. The van der Waals surface area contributed by atoms with Crippen LogP contribution in [0.5, 0.6) is 17.2 Å². The molecule has 0 radical (unpaired) electrons. The monoisotopic (exact) mass is 749 g/mol. The number of halogens is 3. The Labute approximate surface area is 308 Å². The average molecular weight is 751 g/mol. The highest BCUT2D eigenvalue weighted by molar-refractivity contribution is 7.79. The zero-order valence-electron chi connectivity index (χ0n) is 26.0. The van der Waals surface area contributed by atoms with Crippen LogP contribution in [0.1, 0.15) is 16.7 Å². The molecule has 6 aromatic carbocycles. The van der Waals surface area contributed by atoms with Gasteiger partial charge in [-0.05, 0) is 133 Å². The summed E-state index contributed by atoms with van der Waals surface area (Å²) in [6.45, 7) is 0. The summed E-state index contributed by atoms with van der Waals surface area (Å²) in [5, 5.41) is 32.7. The fourth-order valence-corrected chi connectivity index (χ4v) is 7.91. The number of hydrogen-bond acceptors (Lipinski definition) is 6. The van der Waals surface area contributed by atoms with Crippen LogP contribution in [0.25, 0.3) is 0 Å². The molecular formula is C39H24Cl3N3O3P2. The molecule has 0 atom stereocenters. The van der Waals surface area contributed by atoms with Gasteiger partial charge in [0.1, 0.15) is 17.2 Å². The van der Waals surface area contributed by atoms with E-state index in [0.29, 0.717) is 33.9 Å². The Bertz CT molecular complexity index is 1880. The average Bonchev–Trinajstić information content (AvgIpc) is 3.15. The largest absolute Gasteiger partial charge is 0.530 e. The molecule has 0 fully saturated rings. The van der Waals surface area contributed by atoms with Crippen molar-refractivity contribution in [2.75, 3.05) is 0 Å². The standard InChI is InChI=1S/C21H12N3O3P.C18H12Cl3P/c22-13-16-1-7-19(8-2-16)25-28(26-20-9-3-17(14-23)4-10-20)27-21-11-5-18(15-24)6-12-21;19-13-1-7-16(8-2-13)22(17-9-3-14(20)4-10-17)18-11-5-15(21)6-12-18/h1-12H;1-12H. The Morgan fingerprint density at radius 2 is 0.600 bits per heavy atom. The lowest BCUT2D eigenvalue weighted by Crippen LogP contribution is -2.20. The molecular weight excluding hydrogens is 727 g/mol. The third-order valence-corrected chi connectivity index (χ3v) is 11.0. The molecule has 0 aliphatic carbocycles. The lowest BCUT2D eigenvalue weighted by atomic mass is 10.2. The maximum atomic E-state index is 8.90. The van der Waals surface area contributed by atoms with Crippen LogP contribution in [0, 0.1) is 34.0 Å². The van der Waals surface area contributed by atoms with Gasteiger partial charge in [-0.2, -0.15) is 15.8 Å². The van der Waals surface area contributed by atoms with Crippen LogP contribution in [0.3, 0.4) is 0 Å². The number of benzene rings is 6. The van der Waals surface area contributed by atoms with Crippen molar-refractivity contribution in [1.82, 2.24) is 0 Å². The molecule has 0 aliphatic heterocycles. The van der Waals surface area contributed by atoms with Crippen molar-refractivity contribution in [2.45, 2.75) is 0 Å². The Kier molecular flexibility index (Phi) is 13.1. The Hall–Kier alpha value is -5.08.